The predicted octanol–water partition coefficient (Wildman–Crippen LogP) is 2.28. The number of ketones is 1. The summed E-state index contributed by atoms with van der Waals surface area (Å²) >= 11 is 0. The van der Waals surface area contributed by atoms with Gasteiger partial charge in [0.2, 0.25) is 0 Å². The Balaban J connectivity index is 1.86. The number of hydrogen-bond acceptors (Lipinski definition) is 5. The van der Waals surface area contributed by atoms with Crippen LogP contribution in [-0.4, -0.2) is 30.1 Å². The Hall–Kier alpha value is -1.78. The summed E-state index contributed by atoms with van der Waals surface area (Å²) in [5.41, 5.74) is 0.917. The summed E-state index contributed by atoms with van der Waals surface area (Å²) in [5, 5.41) is 10.2. The monoisotopic (exact) mass is 292 g/mol. The molecule has 3 atom stereocenters. The van der Waals surface area contributed by atoms with Crippen LogP contribution in [0.25, 0.3) is 0 Å². The van der Waals surface area contributed by atoms with Gasteiger partial charge in [0.25, 0.3) is 0 Å². The van der Waals surface area contributed by atoms with Crippen LogP contribution in [0.1, 0.15) is 33.1 Å². The third kappa shape index (κ3) is 2.06. The van der Waals surface area contributed by atoms with Gasteiger partial charge in [-0.25, -0.2) is 4.79 Å². The molecule has 0 fully saturated rings. The number of carbonyl (C=O) groups excluding carboxylic acids is 2. The Morgan fingerprint density at radius 2 is 2.05 bits per heavy atom. The number of rotatable bonds is 2. The van der Waals surface area contributed by atoms with Gasteiger partial charge >= 0.3 is 5.97 Å². The van der Waals surface area contributed by atoms with E-state index in [1.165, 1.54) is 7.11 Å². The van der Waals surface area contributed by atoms with Crippen molar-refractivity contribution in [2.75, 3.05) is 7.11 Å². The highest BCUT2D eigenvalue weighted by Gasteiger charge is 2.51. The van der Waals surface area contributed by atoms with E-state index in [4.69, 9.17) is 4.74 Å². The number of allylic oxidation sites excluding steroid dienone is 1. The van der Waals surface area contributed by atoms with Crippen molar-refractivity contribution in [3.05, 3.63) is 22.7 Å². The molecule has 114 valence electrons. The van der Waals surface area contributed by atoms with E-state index in [-0.39, 0.29) is 23.0 Å². The number of hydrogen-bond donors (Lipinski definition) is 1. The standard InChI is InChI=1S/C16H20O5/c1-7(2)8-4-11(17)13-9-6-10(16(19)20-3)14(18)15(9)21-12(13)5-8/h7-9,15,18H,4-6H2,1-3H3/t8?,9-,15+/m0/s1. The van der Waals surface area contributed by atoms with Gasteiger partial charge in [0, 0.05) is 24.3 Å². The quantitative estimate of drug-likeness (QED) is 0.790. The van der Waals surface area contributed by atoms with Gasteiger partial charge in [0.05, 0.1) is 12.7 Å². The van der Waals surface area contributed by atoms with E-state index in [0.29, 0.717) is 30.3 Å². The molecule has 21 heavy (non-hydrogen) atoms. The Bertz CT molecular complexity index is 569. The SMILES string of the molecule is COC(=O)C1=C(O)[C@@H]2OC3=C(C(=O)CC(C(C)C)C3)[C@@H]2C1. The zero-order valence-electron chi connectivity index (χ0n) is 12.5. The summed E-state index contributed by atoms with van der Waals surface area (Å²) in [6, 6.07) is 0. The van der Waals surface area contributed by atoms with Crippen LogP contribution in [0.3, 0.4) is 0 Å². The van der Waals surface area contributed by atoms with Gasteiger partial charge in [-0.3, -0.25) is 4.79 Å². The number of carbonyl (C=O) groups is 2. The zero-order valence-corrected chi connectivity index (χ0v) is 12.5. The average Bonchev–Trinajstić information content (AvgIpc) is 2.95. The third-order valence-corrected chi connectivity index (χ3v) is 4.88. The van der Waals surface area contributed by atoms with Gasteiger partial charge in [0.15, 0.2) is 11.9 Å². The average molecular weight is 292 g/mol. The number of fused-ring (bicyclic) bond motifs is 2. The topological polar surface area (TPSA) is 72.8 Å². The highest BCUT2D eigenvalue weighted by molar-refractivity contribution is 5.99. The first-order valence-electron chi connectivity index (χ1n) is 7.37. The van der Waals surface area contributed by atoms with E-state index in [1.807, 2.05) is 0 Å². The van der Waals surface area contributed by atoms with Crippen LogP contribution >= 0.6 is 0 Å². The lowest BCUT2D eigenvalue weighted by atomic mass is 9.77. The van der Waals surface area contributed by atoms with Crippen molar-refractivity contribution in [2.24, 2.45) is 17.8 Å². The molecular weight excluding hydrogens is 272 g/mol. The molecule has 1 aliphatic heterocycles. The van der Waals surface area contributed by atoms with Gasteiger partial charge < -0.3 is 14.6 Å². The smallest absolute Gasteiger partial charge is 0.337 e. The van der Waals surface area contributed by atoms with Gasteiger partial charge in [-0.05, 0) is 18.3 Å². The van der Waals surface area contributed by atoms with E-state index in [2.05, 4.69) is 18.6 Å². The van der Waals surface area contributed by atoms with Crippen LogP contribution in [0.5, 0.6) is 0 Å². The molecule has 0 aromatic rings. The largest absolute Gasteiger partial charge is 0.508 e. The summed E-state index contributed by atoms with van der Waals surface area (Å²) in [5.74, 6) is 0.681. The molecule has 0 aromatic carbocycles. The number of aliphatic hydroxyl groups excluding tert-OH is 1. The highest BCUT2D eigenvalue weighted by atomic mass is 16.5. The fourth-order valence-electron chi connectivity index (χ4n) is 3.57. The van der Waals surface area contributed by atoms with Crippen molar-refractivity contribution in [1.82, 2.24) is 0 Å². The Morgan fingerprint density at radius 1 is 1.33 bits per heavy atom. The molecule has 3 rings (SSSR count). The molecule has 0 saturated heterocycles. The number of methoxy groups -OCH3 is 1. The van der Waals surface area contributed by atoms with Crippen molar-refractivity contribution in [1.29, 1.82) is 0 Å². The Labute approximate surface area is 123 Å². The fourth-order valence-corrected chi connectivity index (χ4v) is 3.57. The molecule has 0 saturated carbocycles. The first-order valence-corrected chi connectivity index (χ1v) is 7.37. The Morgan fingerprint density at radius 3 is 2.67 bits per heavy atom. The van der Waals surface area contributed by atoms with Crippen molar-refractivity contribution >= 4 is 11.8 Å². The van der Waals surface area contributed by atoms with E-state index in [1.54, 1.807) is 0 Å². The Kier molecular flexibility index (Phi) is 3.30. The number of ether oxygens (including phenoxy) is 2. The van der Waals surface area contributed by atoms with Gasteiger partial charge in [-0.2, -0.15) is 0 Å². The minimum absolute atomic E-state index is 0.0739. The molecule has 1 N–H and O–H groups in total. The van der Waals surface area contributed by atoms with Crippen molar-refractivity contribution in [3.8, 4) is 0 Å². The van der Waals surface area contributed by atoms with Crippen LogP contribution in [0, 0.1) is 17.8 Å². The predicted molar refractivity (Wildman–Crippen MR) is 74.2 cm³/mol. The zero-order chi connectivity index (χ0) is 15.3. The van der Waals surface area contributed by atoms with E-state index >= 15 is 0 Å². The minimum atomic E-state index is -0.584. The summed E-state index contributed by atoms with van der Waals surface area (Å²) in [6.07, 6.45) is 1.00. The van der Waals surface area contributed by atoms with Crippen LogP contribution in [0.15, 0.2) is 22.7 Å². The van der Waals surface area contributed by atoms with Crippen LogP contribution in [0.2, 0.25) is 0 Å². The van der Waals surface area contributed by atoms with Crippen LogP contribution in [0.4, 0.5) is 0 Å². The molecular formula is C16H20O5. The summed E-state index contributed by atoms with van der Waals surface area (Å²) in [7, 11) is 1.28. The van der Waals surface area contributed by atoms with Crippen molar-refractivity contribution in [2.45, 2.75) is 39.2 Å². The molecule has 0 radical (unpaired) electrons. The number of esters is 1. The van der Waals surface area contributed by atoms with Crippen molar-refractivity contribution in [3.63, 3.8) is 0 Å². The second-order valence-electron chi connectivity index (χ2n) is 6.38. The number of Topliss-reactive ketones (excluding diaryl/α,β-unsaturated/α-hetero) is 1. The van der Waals surface area contributed by atoms with Gasteiger partial charge in [0.1, 0.15) is 11.5 Å². The molecule has 1 heterocycles. The second kappa shape index (κ2) is 4.90. The van der Waals surface area contributed by atoms with E-state index in [9.17, 15) is 14.7 Å². The van der Waals surface area contributed by atoms with Gasteiger partial charge in [-0.1, -0.05) is 13.8 Å². The van der Waals surface area contributed by atoms with Crippen LogP contribution in [-0.2, 0) is 19.1 Å². The van der Waals surface area contributed by atoms with Crippen molar-refractivity contribution < 1.29 is 24.2 Å². The normalized spacial score (nSPS) is 31.4. The molecule has 2 aliphatic carbocycles. The summed E-state index contributed by atoms with van der Waals surface area (Å²) in [6.45, 7) is 4.21. The fraction of sp³-hybridized carbons (Fsp3) is 0.625. The maximum atomic E-state index is 12.4. The molecule has 3 aliphatic rings. The van der Waals surface area contributed by atoms with Crippen LogP contribution < -0.4 is 0 Å². The highest BCUT2D eigenvalue weighted by Crippen LogP contribution is 2.49. The molecule has 5 nitrogen and oxygen atoms in total. The minimum Gasteiger partial charge on any atom is -0.508 e. The molecule has 0 amide bonds. The number of aliphatic hydroxyl groups is 1. The lowest BCUT2D eigenvalue weighted by Gasteiger charge is -2.25. The summed E-state index contributed by atoms with van der Waals surface area (Å²) < 4.78 is 10.5. The molecule has 0 spiro atoms. The lowest BCUT2D eigenvalue weighted by Crippen LogP contribution is -2.24. The maximum absolute atomic E-state index is 12.4. The molecule has 5 heteroatoms. The second-order valence-corrected chi connectivity index (χ2v) is 6.38. The first kappa shape index (κ1) is 14.2. The molecule has 0 bridgehead atoms. The van der Waals surface area contributed by atoms with E-state index < -0.39 is 12.1 Å². The maximum Gasteiger partial charge on any atom is 0.337 e. The first-order chi connectivity index (χ1) is 9.93. The van der Waals surface area contributed by atoms with E-state index in [0.717, 1.165) is 12.2 Å². The third-order valence-electron chi connectivity index (χ3n) is 4.88. The molecule has 1 unspecified atom stereocenters. The lowest BCUT2D eigenvalue weighted by molar-refractivity contribution is -0.136. The van der Waals surface area contributed by atoms with Gasteiger partial charge in [-0.15, -0.1) is 0 Å². The summed E-state index contributed by atoms with van der Waals surface area (Å²) in [4.78, 5) is 24.1. The molecule has 0 aromatic heterocycles.